The zero-order chi connectivity index (χ0) is 12.6. The number of carbonyl (C=O) groups excluding carboxylic acids is 1. The predicted octanol–water partition coefficient (Wildman–Crippen LogP) is 3.59. The molecular weight excluding hydrogens is 200 g/mol. The monoisotopic (exact) mass is 228 g/mol. The van der Waals surface area contributed by atoms with Crippen molar-refractivity contribution in [3.05, 3.63) is 0 Å². The molecule has 96 valence electrons. The predicted molar refractivity (Wildman–Crippen MR) is 69.6 cm³/mol. The molecule has 0 saturated carbocycles. The van der Waals surface area contributed by atoms with Crippen molar-refractivity contribution in [3.63, 3.8) is 0 Å². The van der Waals surface area contributed by atoms with Crippen LogP contribution < -0.4 is 0 Å². The van der Waals surface area contributed by atoms with Crippen molar-refractivity contribution in [3.8, 4) is 0 Å². The molecule has 16 heavy (non-hydrogen) atoms. The van der Waals surface area contributed by atoms with Gasteiger partial charge in [0.2, 0.25) is 6.08 Å². The van der Waals surface area contributed by atoms with Crippen molar-refractivity contribution in [1.82, 2.24) is 4.90 Å². The molecule has 0 atom stereocenters. The van der Waals surface area contributed by atoms with Gasteiger partial charge < -0.3 is 4.90 Å². The third kappa shape index (κ3) is 15.8. The van der Waals surface area contributed by atoms with Crippen molar-refractivity contribution in [2.75, 3.05) is 19.6 Å². The lowest BCUT2D eigenvalue weighted by molar-refractivity contribution is 0.261. The van der Waals surface area contributed by atoms with E-state index in [1.807, 2.05) is 0 Å². The van der Waals surface area contributed by atoms with E-state index in [0.717, 1.165) is 6.08 Å². The first-order chi connectivity index (χ1) is 7.76. The van der Waals surface area contributed by atoms with Crippen LogP contribution in [0.15, 0.2) is 0 Å². The molecule has 0 heterocycles. The molecule has 0 aliphatic carbocycles. The van der Waals surface area contributed by atoms with Gasteiger partial charge in [-0.2, -0.15) is 0 Å². The van der Waals surface area contributed by atoms with Gasteiger partial charge in [0.25, 0.3) is 0 Å². The minimum atomic E-state index is 0.750. The summed E-state index contributed by atoms with van der Waals surface area (Å²) in [5, 5.41) is 5.40. The molecule has 0 aliphatic rings. The largest absolute Gasteiger partial charge is 0.303 e. The van der Waals surface area contributed by atoms with E-state index in [0.29, 0.717) is 0 Å². The smallest absolute Gasteiger partial charge is 0.231 e. The van der Waals surface area contributed by atoms with Crippen molar-refractivity contribution in [2.45, 2.75) is 59.3 Å². The van der Waals surface area contributed by atoms with Crippen LogP contribution in [0.25, 0.3) is 0 Å². The summed E-state index contributed by atoms with van der Waals surface area (Å²) in [6.07, 6.45) is 8.84. The zero-order valence-corrected chi connectivity index (χ0v) is 11.2. The fourth-order valence-corrected chi connectivity index (χ4v) is 1.48. The van der Waals surface area contributed by atoms with E-state index < -0.39 is 0 Å². The van der Waals surface area contributed by atoms with E-state index in [1.54, 1.807) is 0 Å². The summed E-state index contributed by atoms with van der Waals surface area (Å²) in [6, 6.07) is 0. The number of nitrogens with one attached hydrogen (secondary N) is 1. The first-order valence-electron chi connectivity index (χ1n) is 6.52. The van der Waals surface area contributed by atoms with E-state index >= 15 is 0 Å². The zero-order valence-electron chi connectivity index (χ0n) is 11.2. The lowest BCUT2D eigenvalue weighted by atomic mass is 10.2. The lowest BCUT2D eigenvalue weighted by Gasteiger charge is -2.21. The van der Waals surface area contributed by atoms with E-state index in [1.165, 1.54) is 58.2 Å². The third-order valence-electron chi connectivity index (χ3n) is 2.48. The van der Waals surface area contributed by atoms with Crippen molar-refractivity contribution < 1.29 is 4.79 Å². The number of unbranched alkanes of at least 4 members (excludes halogenated alkanes) is 3. The minimum absolute atomic E-state index is 0.750. The highest BCUT2D eigenvalue weighted by atomic mass is 16.1. The molecule has 0 rings (SSSR count). The van der Waals surface area contributed by atoms with Gasteiger partial charge in [0.05, 0.1) is 0 Å². The Kier molecular flexibility index (Phi) is 18.6. The molecule has 0 spiro atoms. The van der Waals surface area contributed by atoms with Crippen molar-refractivity contribution in [2.24, 2.45) is 0 Å². The molecule has 0 radical (unpaired) electrons. The number of hydrogen-bond donors (Lipinski definition) is 1. The number of hydrogen-bond acceptors (Lipinski definition) is 3. The molecule has 0 aromatic heterocycles. The average Bonchev–Trinajstić information content (AvgIpc) is 2.29. The molecule has 0 amide bonds. The SMILES string of the molecule is CCCCN(CCCC)CCCC.N=C=O. The molecule has 0 aromatic rings. The van der Waals surface area contributed by atoms with Crippen LogP contribution in [0.1, 0.15) is 59.3 Å². The van der Waals surface area contributed by atoms with Crippen molar-refractivity contribution in [1.29, 1.82) is 5.41 Å². The third-order valence-corrected chi connectivity index (χ3v) is 2.48. The number of rotatable bonds is 9. The number of nitrogens with zero attached hydrogens (tertiary/aromatic N) is 1. The molecule has 0 aromatic carbocycles. The van der Waals surface area contributed by atoms with E-state index in [9.17, 15) is 0 Å². The summed E-state index contributed by atoms with van der Waals surface area (Å²) in [5.41, 5.74) is 0. The second-order valence-electron chi connectivity index (χ2n) is 4.00. The van der Waals surface area contributed by atoms with Gasteiger partial charge in [0.1, 0.15) is 0 Å². The Hall–Kier alpha value is -0.660. The van der Waals surface area contributed by atoms with Crippen molar-refractivity contribution >= 4 is 6.08 Å². The summed E-state index contributed by atoms with van der Waals surface area (Å²) in [5.74, 6) is 0. The Labute approximate surface area is 101 Å². The summed E-state index contributed by atoms with van der Waals surface area (Å²) < 4.78 is 0. The first-order valence-corrected chi connectivity index (χ1v) is 6.52. The first kappa shape index (κ1) is 17.7. The second kappa shape index (κ2) is 16.8. The van der Waals surface area contributed by atoms with Crippen LogP contribution in [0.4, 0.5) is 0 Å². The maximum absolute atomic E-state index is 8.35. The van der Waals surface area contributed by atoms with E-state index in [-0.39, 0.29) is 0 Å². The average molecular weight is 228 g/mol. The van der Waals surface area contributed by atoms with Gasteiger partial charge in [-0.3, -0.25) is 0 Å². The Morgan fingerprint density at radius 3 is 1.31 bits per heavy atom. The minimum Gasteiger partial charge on any atom is -0.303 e. The highest BCUT2D eigenvalue weighted by molar-refractivity contribution is 5.26. The molecule has 0 unspecified atom stereocenters. The Balaban J connectivity index is 0. The van der Waals surface area contributed by atoms with Crippen LogP contribution >= 0.6 is 0 Å². The fraction of sp³-hybridized carbons (Fsp3) is 0.923. The molecule has 3 heteroatoms. The summed E-state index contributed by atoms with van der Waals surface area (Å²) >= 11 is 0. The normalized spacial score (nSPS) is 9.50. The van der Waals surface area contributed by atoms with Gasteiger partial charge in [-0.1, -0.05) is 40.0 Å². The highest BCUT2D eigenvalue weighted by Crippen LogP contribution is 2.01. The van der Waals surface area contributed by atoms with Crippen LogP contribution in [0, 0.1) is 5.41 Å². The van der Waals surface area contributed by atoms with E-state index in [2.05, 4.69) is 25.7 Å². The Bertz CT molecular complexity index is 135. The summed E-state index contributed by atoms with van der Waals surface area (Å²) in [7, 11) is 0. The highest BCUT2D eigenvalue weighted by Gasteiger charge is 2.01. The fourth-order valence-electron chi connectivity index (χ4n) is 1.48. The quantitative estimate of drug-likeness (QED) is 0.484. The molecule has 0 aliphatic heterocycles. The van der Waals surface area contributed by atoms with Crippen LogP contribution in [-0.4, -0.2) is 30.6 Å². The Morgan fingerprint density at radius 1 is 0.875 bits per heavy atom. The molecule has 0 bridgehead atoms. The van der Waals surface area contributed by atoms with Gasteiger partial charge in [-0.25, -0.2) is 10.2 Å². The topological polar surface area (TPSA) is 44.2 Å². The Morgan fingerprint density at radius 2 is 1.12 bits per heavy atom. The van der Waals surface area contributed by atoms with Gasteiger partial charge >= 0.3 is 0 Å². The molecular formula is C13H28N2O. The van der Waals surface area contributed by atoms with Crippen LogP contribution in [0.5, 0.6) is 0 Å². The van der Waals surface area contributed by atoms with Gasteiger partial charge in [0.15, 0.2) is 0 Å². The molecule has 3 nitrogen and oxygen atoms in total. The molecule has 1 N–H and O–H groups in total. The summed E-state index contributed by atoms with van der Waals surface area (Å²) in [4.78, 5) is 11.0. The van der Waals surface area contributed by atoms with Gasteiger partial charge in [0, 0.05) is 0 Å². The molecule has 0 fully saturated rings. The maximum atomic E-state index is 8.35. The van der Waals surface area contributed by atoms with E-state index in [4.69, 9.17) is 10.2 Å². The van der Waals surface area contributed by atoms with Gasteiger partial charge in [-0.15, -0.1) is 0 Å². The standard InChI is InChI=1S/C12H27N.CHNO/c1-4-7-10-13(11-8-5-2)12-9-6-3;2-1-3/h4-12H2,1-3H3;2H. The lowest BCUT2D eigenvalue weighted by Crippen LogP contribution is -2.27. The van der Waals surface area contributed by atoms with Gasteiger partial charge in [-0.05, 0) is 38.9 Å². The maximum Gasteiger partial charge on any atom is 0.231 e. The van der Waals surface area contributed by atoms with Crippen LogP contribution in [0.3, 0.4) is 0 Å². The number of isocyanates is 1. The molecule has 0 saturated heterocycles. The van der Waals surface area contributed by atoms with Crippen LogP contribution in [0.2, 0.25) is 0 Å². The summed E-state index contributed by atoms with van der Waals surface area (Å²) in [6.45, 7) is 10.8. The second-order valence-corrected chi connectivity index (χ2v) is 4.00. The van der Waals surface area contributed by atoms with Crippen LogP contribution in [-0.2, 0) is 4.79 Å².